The van der Waals surface area contributed by atoms with Crippen LogP contribution in [-0.4, -0.2) is 38.1 Å². The number of aromatic amines is 1. The minimum Gasteiger partial charge on any atom is -0.335 e. The van der Waals surface area contributed by atoms with Gasteiger partial charge < -0.3 is 9.88 Å². The van der Waals surface area contributed by atoms with Gasteiger partial charge in [-0.2, -0.15) is 0 Å². The van der Waals surface area contributed by atoms with E-state index in [1.54, 1.807) is 40.1 Å². The summed E-state index contributed by atoms with van der Waals surface area (Å²) in [6.07, 6.45) is 0. The third kappa shape index (κ3) is 4.49. The van der Waals surface area contributed by atoms with Crippen LogP contribution in [0.3, 0.4) is 0 Å². The molecule has 0 radical (unpaired) electrons. The van der Waals surface area contributed by atoms with Gasteiger partial charge in [0.05, 0.1) is 33.4 Å². The van der Waals surface area contributed by atoms with Crippen LogP contribution >= 0.6 is 23.1 Å². The Hall–Kier alpha value is -2.71. The van der Waals surface area contributed by atoms with Gasteiger partial charge in [-0.25, -0.2) is 9.97 Å². The maximum absolute atomic E-state index is 12.7. The average molecular weight is 425 g/mol. The summed E-state index contributed by atoms with van der Waals surface area (Å²) < 4.78 is 1.16. The molecule has 2 aromatic carbocycles. The standard InChI is InChI=1S/C21H20N4O2S2/c1-2-25(11-18-22-15-8-4-3-7-14(15)21(27)24-18)20(26)13-28-12-19-23-16-9-5-6-10-17(16)29-19/h3-10H,2,11-13H2,1H3,(H,22,24,27). The van der Waals surface area contributed by atoms with Crippen molar-refractivity contribution >= 4 is 50.1 Å². The van der Waals surface area contributed by atoms with Crippen molar-refractivity contribution < 1.29 is 4.79 Å². The minimum atomic E-state index is -0.181. The summed E-state index contributed by atoms with van der Waals surface area (Å²) in [7, 11) is 0. The normalized spacial score (nSPS) is 11.2. The number of rotatable bonds is 7. The van der Waals surface area contributed by atoms with E-state index in [0.717, 1.165) is 15.2 Å². The molecule has 4 rings (SSSR count). The smallest absolute Gasteiger partial charge is 0.258 e. The SMILES string of the molecule is CCN(Cc1nc2ccccc2c(=O)[nH]1)C(=O)CSCc1nc2ccccc2s1. The number of benzene rings is 2. The lowest BCUT2D eigenvalue weighted by atomic mass is 10.2. The summed E-state index contributed by atoms with van der Waals surface area (Å²) in [6.45, 7) is 2.77. The monoisotopic (exact) mass is 424 g/mol. The lowest BCUT2D eigenvalue weighted by Crippen LogP contribution is -2.33. The summed E-state index contributed by atoms with van der Waals surface area (Å²) >= 11 is 3.22. The summed E-state index contributed by atoms with van der Waals surface area (Å²) in [5, 5.41) is 1.57. The number of thiazole rings is 1. The number of carbonyl (C=O) groups excluding carboxylic acids is 1. The zero-order valence-corrected chi connectivity index (χ0v) is 17.6. The van der Waals surface area contributed by atoms with E-state index in [1.165, 1.54) is 0 Å². The van der Waals surface area contributed by atoms with Crippen molar-refractivity contribution in [1.82, 2.24) is 19.9 Å². The first kappa shape index (κ1) is 19.6. The van der Waals surface area contributed by atoms with Gasteiger partial charge in [0.1, 0.15) is 10.8 Å². The molecule has 8 heteroatoms. The van der Waals surface area contributed by atoms with E-state index in [4.69, 9.17) is 0 Å². The second-order valence-electron chi connectivity index (χ2n) is 6.51. The zero-order valence-electron chi connectivity index (χ0n) is 15.9. The highest BCUT2D eigenvalue weighted by molar-refractivity contribution is 7.99. The van der Waals surface area contributed by atoms with E-state index in [0.29, 0.717) is 34.8 Å². The van der Waals surface area contributed by atoms with E-state index >= 15 is 0 Å². The average Bonchev–Trinajstić information content (AvgIpc) is 3.14. The van der Waals surface area contributed by atoms with Crippen LogP contribution in [0.5, 0.6) is 0 Å². The Morgan fingerprint density at radius 1 is 1.10 bits per heavy atom. The van der Waals surface area contributed by atoms with Crippen molar-refractivity contribution in [2.45, 2.75) is 19.2 Å². The first-order chi connectivity index (χ1) is 14.1. The molecule has 1 amide bonds. The summed E-state index contributed by atoms with van der Waals surface area (Å²) in [6, 6.07) is 15.2. The minimum absolute atomic E-state index is 0.0226. The molecule has 0 aliphatic heterocycles. The topological polar surface area (TPSA) is 79.0 Å². The van der Waals surface area contributed by atoms with E-state index in [-0.39, 0.29) is 18.0 Å². The molecule has 0 atom stereocenters. The summed E-state index contributed by atoms with van der Waals surface area (Å²) in [5.74, 6) is 1.59. The lowest BCUT2D eigenvalue weighted by molar-refractivity contribution is -0.128. The van der Waals surface area contributed by atoms with Gasteiger partial charge in [0.25, 0.3) is 5.56 Å². The third-order valence-corrected chi connectivity index (χ3v) is 6.67. The van der Waals surface area contributed by atoms with Gasteiger partial charge in [0.15, 0.2) is 0 Å². The fourth-order valence-corrected chi connectivity index (χ4v) is 5.01. The quantitative estimate of drug-likeness (QED) is 0.488. The summed E-state index contributed by atoms with van der Waals surface area (Å²) in [4.78, 5) is 38.5. The predicted molar refractivity (Wildman–Crippen MR) is 119 cm³/mol. The highest BCUT2D eigenvalue weighted by Crippen LogP contribution is 2.24. The second-order valence-corrected chi connectivity index (χ2v) is 8.61. The van der Waals surface area contributed by atoms with Crippen LogP contribution in [0.2, 0.25) is 0 Å². The number of aromatic nitrogens is 3. The van der Waals surface area contributed by atoms with Gasteiger partial charge in [-0.3, -0.25) is 9.59 Å². The molecule has 6 nitrogen and oxygen atoms in total. The molecule has 0 saturated heterocycles. The fraction of sp³-hybridized carbons (Fsp3) is 0.238. The molecule has 0 bridgehead atoms. The molecular weight excluding hydrogens is 404 g/mol. The molecule has 1 N–H and O–H groups in total. The van der Waals surface area contributed by atoms with Crippen LogP contribution in [0, 0.1) is 0 Å². The largest absolute Gasteiger partial charge is 0.335 e. The van der Waals surface area contributed by atoms with Crippen molar-refractivity contribution in [3.63, 3.8) is 0 Å². The maximum Gasteiger partial charge on any atom is 0.258 e. The number of fused-ring (bicyclic) bond motifs is 2. The van der Waals surface area contributed by atoms with Crippen LogP contribution in [0.4, 0.5) is 0 Å². The number of hydrogen-bond acceptors (Lipinski definition) is 6. The number of carbonyl (C=O) groups is 1. The summed E-state index contributed by atoms with van der Waals surface area (Å²) in [5.41, 5.74) is 1.46. The fourth-order valence-electron chi connectivity index (χ4n) is 3.07. The van der Waals surface area contributed by atoms with Gasteiger partial charge in [-0.05, 0) is 31.2 Å². The Bertz CT molecular complexity index is 1180. The molecular formula is C21H20N4O2S2. The first-order valence-electron chi connectivity index (χ1n) is 9.32. The second kappa shape index (κ2) is 8.75. The molecule has 0 aliphatic carbocycles. The van der Waals surface area contributed by atoms with Gasteiger partial charge in [0, 0.05) is 12.3 Å². The molecule has 0 spiro atoms. The van der Waals surface area contributed by atoms with Crippen molar-refractivity contribution in [3.05, 3.63) is 69.7 Å². The molecule has 0 fully saturated rings. The Kier molecular flexibility index (Phi) is 5.92. The van der Waals surface area contributed by atoms with Crippen LogP contribution in [-0.2, 0) is 17.1 Å². The van der Waals surface area contributed by atoms with Crippen LogP contribution in [0.1, 0.15) is 17.8 Å². The highest BCUT2D eigenvalue weighted by atomic mass is 32.2. The molecule has 0 aliphatic rings. The number of hydrogen-bond donors (Lipinski definition) is 1. The van der Waals surface area contributed by atoms with Crippen LogP contribution < -0.4 is 5.56 Å². The van der Waals surface area contributed by atoms with Crippen molar-refractivity contribution in [2.24, 2.45) is 0 Å². The number of amides is 1. The maximum atomic E-state index is 12.7. The predicted octanol–water partition coefficient (Wildman–Crippen LogP) is 3.81. The Morgan fingerprint density at radius 3 is 2.66 bits per heavy atom. The van der Waals surface area contributed by atoms with E-state index in [2.05, 4.69) is 21.0 Å². The lowest BCUT2D eigenvalue weighted by Gasteiger charge is -2.20. The van der Waals surface area contributed by atoms with E-state index < -0.39 is 0 Å². The molecule has 2 heterocycles. The van der Waals surface area contributed by atoms with E-state index in [1.807, 2.05) is 37.3 Å². The van der Waals surface area contributed by atoms with Crippen LogP contribution in [0.25, 0.3) is 21.1 Å². The molecule has 4 aromatic rings. The molecule has 2 aromatic heterocycles. The third-order valence-electron chi connectivity index (χ3n) is 4.53. The Balaban J connectivity index is 1.38. The number of H-pyrrole nitrogens is 1. The number of thioether (sulfide) groups is 1. The molecule has 29 heavy (non-hydrogen) atoms. The van der Waals surface area contributed by atoms with Crippen LogP contribution in [0.15, 0.2) is 53.3 Å². The van der Waals surface area contributed by atoms with Gasteiger partial charge >= 0.3 is 0 Å². The van der Waals surface area contributed by atoms with E-state index in [9.17, 15) is 9.59 Å². The first-order valence-corrected chi connectivity index (χ1v) is 11.3. The van der Waals surface area contributed by atoms with Crippen molar-refractivity contribution in [3.8, 4) is 0 Å². The number of nitrogens with zero attached hydrogens (tertiary/aromatic N) is 3. The number of para-hydroxylation sites is 2. The highest BCUT2D eigenvalue weighted by Gasteiger charge is 2.15. The van der Waals surface area contributed by atoms with Crippen molar-refractivity contribution in [1.29, 1.82) is 0 Å². The Morgan fingerprint density at radius 2 is 1.86 bits per heavy atom. The molecule has 0 saturated carbocycles. The molecule has 0 unspecified atom stereocenters. The van der Waals surface area contributed by atoms with Gasteiger partial charge in [-0.1, -0.05) is 24.3 Å². The zero-order chi connectivity index (χ0) is 20.2. The van der Waals surface area contributed by atoms with Gasteiger partial charge in [0.2, 0.25) is 5.91 Å². The number of nitrogens with one attached hydrogen (secondary N) is 1. The molecule has 148 valence electrons. The van der Waals surface area contributed by atoms with Crippen molar-refractivity contribution in [2.75, 3.05) is 12.3 Å². The Labute approximate surface area is 176 Å². The van der Waals surface area contributed by atoms with Gasteiger partial charge in [-0.15, -0.1) is 23.1 Å².